The van der Waals surface area contributed by atoms with Crippen molar-refractivity contribution in [2.75, 3.05) is 0 Å². The average Bonchev–Trinajstić information content (AvgIpc) is 2.03. The number of hydrogen-bond donors (Lipinski definition) is 0. The highest BCUT2D eigenvalue weighted by atomic mass is 14.7. The zero-order valence-electron chi connectivity index (χ0n) is 6.30. The summed E-state index contributed by atoms with van der Waals surface area (Å²) in [4.78, 5) is 4.16. The number of pyridine rings is 1. The van der Waals surface area contributed by atoms with Crippen molar-refractivity contribution < 1.29 is 0 Å². The van der Waals surface area contributed by atoms with Crippen LogP contribution >= 0.6 is 0 Å². The van der Waals surface area contributed by atoms with Gasteiger partial charge in [-0.15, -0.1) is 0 Å². The van der Waals surface area contributed by atoms with E-state index in [4.69, 9.17) is 0 Å². The maximum Gasteiger partial charge on any atom is 0.0404 e. The Labute approximate surface area is 62.1 Å². The summed E-state index contributed by atoms with van der Waals surface area (Å²) in [5.74, 6) is 0. The molecule has 0 bridgehead atoms. The average molecular weight is 134 g/mol. The van der Waals surface area contributed by atoms with Crippen LogP contribution in [-0.2, 0) is 6.42 Å². The molecule has 0 saturated heterocycles. The first-order valence-corrected chi connectivity index (χ1v) is 3.74. The summed E-state index contributed by atoms with van der Waals surface area (Å²) < 4.78 is 0. The molecule has 1 nitrogen and oxygen atoms in total. The molecule has 0 aliphatic carbocycles. The van der Waals surface area contributed by atoms with Crippen LogP contribution in [0.4, 0.5) is 0 Å². The Morgan fingerprint density at radius 1 is 1.60 bits per heavy atom. The summed E-state index contributed by atoms with van der Waals surface area (Å²) in [6.45, 7) is 2.19. The number of hydrogen-bond acceptors (Lipinski definition) is 1. The first kappa shape index (κ1) is 7.26. The second-order valence-electron chi connectivity index (χ2n) is 2.35. The molecule has 10 heavy (non-hydrogen) atoms. The zero-order chi connectivity index (χ0) is 7.23. The molecule has 0 atom stereocenters. The SMILES string of the molecule is CCCCc1cc[c]cn1. The molecule has 0 aromatic carbocycles. The number of rotatable bonds is 3. The predicted octanol–water partition coefficient (Wildman–Crippen LogP) is 2.22. The Bertz CT molecular complexity index is 169. The lowest BCUT2D eigenvalue weighted by atomic mass is 10.2. The first-order valence-electron chi connectivity index (χ1n) is 3.74. The molecule has 0 spiro atoms. The largest absolute Gasteiger partial charge is 0.261 e. The van der Waals surface area contributed by atoms with Gasteiger partial charge in [0.25, 0.3) is 0 Å². The van der Waals surface area contributed by atoms with E-state index in [1.54, 1.807) is 6.20 Å². The molecule has 0 N–H and O–H groups in total. The molecule has 1 heteroatoms. The Balaban J connectivity index is 2.43. The van der Waals surface area contributed by atoms with E-state index in [9.17, 15) is 0 Å². The van der Waals surface area contributed by atoms with Gasteiger partial charge in [0.1, 0.15) is 0 Å². The van der Waals surface area contributed by atoms with Crippen LogP contribution in [0.3, 0.4) is 0 Å². The quantitative estimate of drug-likeness (QED) is 0.617. The van der Waals surface area contributed by atoms with E-state index in [-0.39, 0.29) is 0 Å². The number of aryl methyl sites for hydroxylation is 1. The van der Waals surface area contributed by atoms with Crippen molar-refractivity contribution in [3.8, 4) is 0 Å². The lowest BCUT2D eigenvalue weighted by Gasteiger charge is -1.95. The van der Waals surface area contributed by atoms with Gasteiger partial charge in [-0.1, -0.05) is 19.4 Å². The zero-order valence-corrected chi connectivity index (χ0v) is 6.30. The van der Waals surface area contributed by atoms with Gasteiger partial charge < -0.3 is 0 Å². The summed E-state index contributed by atoms with van der Waals surface area (Å²) in [5.41, 5.74) is 1.18. The summed E-state index contributed by atoms with van der Waals surface area (Å²) in [5, 5.41) is 0. The van der Waals surface area contributed by atoms with E-state index in [0.29, 0.717) is 0 Å². The summed E-state index contributed by atoms with van der Waals surface area (Å²) in [6.07, 6.45) is 5.30. The van der Waals surface area contributed by atoms with Crippen molar-refractivity contribution in [1.82, 2.24) is 4.98 Å². The van der Waals surface area contributed by atoms with Crippen LogP contribution in [0.5, 0.6) is 0 Å². The van der Waals surface area contributed by atoms with Crippen molar-refractivity contribution in [2.24, 2.45) is 0 Å². The van der Waals surface area contributed by atoms with E-state index >= 15 is 0 Å². The highest BCUT2D eigenvalue weighted by molar-refractivity contribution is 5.02. The predicted molar refractivity (Wildman–Crippen MR) is 41.7 cm³/mol. The lowest BCUT2D eigenvalue weighted by molar-refractivity contribution is 0.776. The molecule has 53 valence electrons. The molecular weight excluding hydrogens is 122 g/mol. The van der Waals surface area contributed by atoms with Crippen LogP contribution in [0.2, 0.25) is 0 Å². The van der Waals surface area contributed by atoms with Crippen LogP contribution < -0.4 is 0 Å². The van der Waals surface area contributed by atoms with E-state index in [1.807, 2.05) is 12.1 Å². The summed E-state index contributed by atoms with van der Waals surface area (Å²) in [6, 6.07) is 6.84. The van der Waals surface area contributed by atoms with E-state index in [2.05, 4.69) is 18.0 Å². The minimum atomic E-state index is 1.10. The Kier molecular flexibility index (Phi) is 2.94. The number of aromatic nitrogens is 1. The fraction of sp³-hybridized carbons (Fsp3) is 0.444. The molecule has 0 aliphatic heterocycles. The molecular formula is C9H12N. The van der Waals surface area contributed by atoms with Crippen molar-refractivity contribution in [1.29, 1.82) is 0 Å². The van der Waals surface area contributed by atoms with Crippen molar-refractivity contribution in [3.05, 3.63) is 30.1 Å². The van der Waals surface area contributed by atoms with Crippen molar-refractivity contribution in [3.63, 3.8) is 0 Å². The molecule has 0 unspecified atom stereocenters. The van der Waals surface area contributed by atoms with Gasteiger partial charge in [0.05, 0.1) is 0 Å². The molecule has 1 aromatic rings. The van der Waals surface area contributed by atoms with E-state index < -0.39 is 0 Å². The molecule has 0 fully saturated rings. The minimum Gasteiger partial charge on any atom is -0.261 e. The second-order valence-corrected chi connectivity index (χ2v) is 2.35. The maximum absolute atomic E-state index is 4.16. The Morgan fingerprint density at radius 2 is 2.50 bits per heavy atom. The highest BCUT2D eigenvalue weighted by Crippen LogP contribution is 1.99. The molecule has 0 saturated carbocycles. The normalized spacial score (nSPS) is 9.70. The highest BCUT2D eigenvalue weighted by Gasteiger charge is 1.89. The monoisotopic (exact) mass is 134 g/mol. The summed E-state index contributed by atoms with van der Waals surface area (Å²) in [7, 11) is 0. The second kappa shape index (κ2) is 4.04. The molecule has 0 aliphatic rings. The summed E-state index contributed by atoms with van der Waals surface area (Å²) >= 11 is 0. The van der Waals surface area contributed by atoms with E-state index in [0.717, 1.165) is 6.42 Å². The molecule has 1 radical (unpaired) electrons. The van der Waals surface area contributed by atoms with Crippen LogP contribution in [0.15, 0.2) is 18.3 Å². The third-order valence-corrected chi connectivity index (χ3v) is 1.46. The molecule has 1 rings (SSSR count). The fourth-order valence-electron chi connectivity index (χ4n) is 0.856. The molecule has 1 heterocycles. The van der Waals surface area contributed by atoms with Gasteiger partial charge >= 0.3 is 0 Å². The van der Waals surface area contributed by atoms with Gasteiger partial charge in [0, 0.05) is 18.0 Å². The van der Waals surface area contributed by atoms with Crippen molar-refractivity contribution in [2.45, 2.75) is 26.2 Å². The first-order chi connectivity index (χ1) is 4.93. The Hall–Kier alpha value is -0.850. The third kappa shape index (κ3) is 2.18. The molecule has 0 amide bonds. The van der Waals surface area contributed by atoms with Gasteiger partial charge in [-0.2, -0.15) is 0 Å². The number of nitrogens with zero attached hydrogens (tertiary/aromatic N) is 1. The van der Waals surface area contributed by atoms with Crippen molar-refractivity contribution >= 4 is 0 Å². The molecule has 1 aromatic heterocycles. The van der Waals surface area contributed by atoms with E-state index in [1.165, 1.54) is 18.5 Å². The van der Waals surface area contributed by atoms with Gasteiger partial charge in [0.15, 0.2) is 0 Å². The topological polar surface area (TPSA) is 12.9 Å². The van der Waals surface area contributed by atoms with Crippen LogP contribution in [0, 0.1) is 6.07 Å². The van der Waals surface area contributed by atoms with Crippen LogP contribution in [0.25, 0.3) is 0 Å². The van der Waals surface area contributed by atoms with Crippen LogP contribution in [-0.4, -0.2) is 4.98 Å². The van der Waals surface area contributed by atoms with Gasteiger partial charge in [-0.3, -0.25) is 4.98 Å². The number of unbranched alkanes of at least 4 members (excludes halogenated alkanes) is 1. The smallest absolute Gasteiger partial charge is 0.0404 e. The van der Waals surface area contributed by atoms with Gasteiger partial charge in [-0.25, -0.2) is 0 Å². The fourth-order valence-corrected chi connectivity index (χ4v) is 0.856. The maximum atomic E-state index is 4.16. The van der Waals surface area contributed by atoms with Crippen LogP contribution in [0.1, 0.15) is 25.5 Å². The standard InChI is InChI=1S/C9H12N/c1-2-3-6-9-7-4-5-8-10-9/h4,7-8H,2-3,6H2,1H3. The van der Waals surface area contributed by atoms with Gasteiger partial charge in [0.2, 0.25) is 0 Å². The third-order valence-electron chi connectivity index (χ3n) is 1.46. The Morgan fingerprint density at radius 3 is 3.10 bits per heavy atom. The lowest BCUT2D eigenvalue weighted by Crippen LogP contribution is -1.87. The van der Waals surface area contributed by atoms with Gasteiger partial charge in [-0.05, 0) is 18.9 Å². The minimum absolute atomic E-state index is 1.10.